The van der Waals surface area contributed by atoms with Gasteiger partial charge in [0.2, 0.25) is 5.91 Å². The van der Waals surface area contributed by atoms with Crippen LogP contribution in [0.3, 0.4) is 0 Å². The summed E-state index contributed by atoms with van der Waals surface area (Å²) in [5.41, 5.74) is 2.12. The van der Waals surface area contributed by atoms with Gasteiger partial charge in [-0.1, -0.05) is 30.3 Å². The van der Waals surface area contributed by atoms with Crippen LogP contribution in [-0.4, -0.2) is 67.3 Å². The van der Waals surface area contributed by atoms with Crippen molar-refractivity contribution in [3.05, 3.63) is 67.1 Å². The van der Waals surface area contributed by atoms with E-state index >= 15 is 0 Å². The van der Waals surface area contributed by atoms with Crippen molar-refractivity contribution in [1.82, 2.24) is 19.4 Å². The van der Waals surface area contributed by atoms with Crippen LogP contribution >= 0.6 is 0 Å². The molecule has 0 saturated carbocycles. The van der Waals surface area contributed by atoms with E-state index in [1.165, 1.54) is 6.33 Å². The summed E-state index contributed by atoms with van der Waals surface area (Å²) in [5.74, 6) is 1.45. The molecule has 0 radical (unpaired) electrons. The van der Waals surface area contributed by atoms with Gasteiger partial charge in [-0.25, -0.2) is 9.97 Å². The van der Waals surface area contributed by atoms with Crippen molar-refractivity contribution in [2.75, 3.05) is 31.9 Å². The minimum absolute atomic E-state index is 0.0759. The van der Waals surface area contributed by atoms with Crippen molar-refractivity contribution in [2.24, 2.45) is 0 Å². The first-order chi connectivity index (χ1) is 16.6. The zero-order valence-corrected chi connectivity index (χ0v) is 18.3. The first kappa shape index (κ1) is 23.2. The predicted molar refractivity (Wildman–Crippen MR) is 126 cm³/mol. The Balaban J connectivity index is 1.72. The summed E-state index contributed by atoms with van der Waals surface area (Å²) in [5, 5.41) is 31.6. The Labute approximate surface area is 195 Å². The number of aliphatic hydroxyl groups is 3. The van der Waals surface area contributed by atoms with Crippen LogP contribution in [0.1, 0.15) is 0 Å². The highest BCUT2D eigenvalue weighted by Crippen LogP contribution is 2.35. The quantitative estimate of drug-likeness (QED) is 0.263. The molecule has 1 amide bonds. The van der Waals surface area contributed by atoms with E-state index in [0.717, 1.165) is 21.8 Å². The zero-order chi connectivity index (χ0) is 23.9. The van der Waals surface area contributed by atoms with Gasteiger partial charge in [-0.05, 0) is 29.8 Å². The second kappa shape index (κ2) is 10.8. The van der Waals surface area contributed by atoms with E-state index in [2.05, 4.69) is 15.3 Å². The molecule has 0 atom stereocenters. The maximum absolute atomic E-state index is 12.5. The van der Waals surface area contributed by atoms with Gasteiger partial charge in [0.15, 0.2) is 0 Å². The number of carbonyl (C=O) groups is 1. The molecule has 4 aromatic rings. The molecule has 2 aromatic heterocycles. The number of fused-ring (bicyclic) bond motifs is 1. The van der Waals surface area contributed by atoms with Gasteiger partial charge in [0.1, 0.15) is 49.3 Å². The molecule has 0 bridgehead atoms. The number of para-hydroxylation sites is 1. The summed E-state index contributed by atoms with van der Waals surface area (Å²) >= 11 is 0. The number of nitrogens with one attached hydrogen (secondary N) is 1. The fraction of sp³-hybridized carbons (Fsp3) is 0.208. The Morgan fingerprint density at radius 1 is 0.971 bits per heavy atom. The molecule has 0 fully saturated rings. The van der Waals surface area contributed by atoms with Crippen LogP contribution in [0, 0.1) is 0 Å². The van der Waals surface area contributed by atoms with Gasteiger partial charge < -0.3 is 29.9 Å². The first-order valence-electron chi connectivity index (χ1n) is 10.7. The fourth-order valence-corrected chi connectivity index (χ4v) is 3.55. The van der Waals surface area contributed by atoms with Crippen molar-refractivity contribution in [2.45, 2.75) is 6.54 Å². The topological polar surface area (TPSA) is 133 Å². The largest absolute Gasteiger partial charge is 0.457 e. The summed E-state index contributed by atoms with van der Waals surface area (Å²) in [6, 6.07) is 17.0. The van der Waals surface area contributed by atoms with Crippen LogP contribution in [0.25, 0.3) is 22.2 Å². The van der Waals surface area contributed by atoms with E-state index in [9.17, 15) is 20.1 Å². The number of ether oxygens (including phenoxy) is 1. The monoisotopic (exact) mass is 463 g/mol. The van der Waals surface area contributed by atoms with Gasteiger partial charge in [-0.2, -0.15) is 0 Å². The Hall–Kier alpha value is -3.99. The van der Waals surface area contributed by atoms with Crippen LogP contribution in [0.5, 0.6) is 11.5 Å². The minimum Gasteiger partial charge on any atom is -0.457 e. The smallest absolute Gasteiger partial charge is 0.246 e. The van der Waals surface area contributed by atoms with Crippen LogP contribution < -0.4 is 10.1 Å². The summed E-state index contributed by atoms with van der Waals surface area (Å²) in [4.78, 5) is 22.1. The highest BCUT2D eigenvalue weighted by Gasteiger charge is 2.20. The van der Waals surface area contributed by atoms with Crippen molar-refractivity contribution in [3.63, 3.8) is 0 Å². The Kier molecular flexibility index (Phi) is 7.33. The summed E-state index contributed by atoms with van der Waals surface area (Å²) in [6.07, 6.45) is 3.15. The number of hydrogen-bond donors (Lipinski definition) is 4. The normalized spacial score (nSPS) is 10.9. The number of rotatable bonds is 10. The molecule has 4 N–H and O–H groups in total. The van der Waals surface area contributed by atoms with E-state index in [1.54, 1.807) is 10.8 Å². The lowest BCUT2D eigenvalue weighted by molar-refractivity contribution is -0.140. The summed E-state index contributed by atoms with van der Waals surface area (Å²) in [6.45, 7) is -1.11. The van der Waals surface area contributed by atoms with Gasteiger partial charge in [-0.3, -0.25) is 9.69 Å². The third-order valence-electron chi connectivity index (χ3n) is 5.20. The van der Waals surface area contributed by atoms with Crippen LogP contribution in [0.2, 0.25) is 0 Å². The minimum atomic E-state index is -0.595. The SMILES string of the molecule is O=C(Cn1cc(-c2ccc(Oc3ccccc3)cc2)c2c(NCCO)ncnc21)N(CO)CO. The van der Waals surface area contributed by atoms with E-state index < -0.39 is 19.4 Å². The molecule has 176 valence electrons. The van der Waals surface area contributed by atoms with Gasteiger partial charge in [0, 0.05) is 18.3 Å². The van der Waals surface area contributed by atoms with Gasteiger partial charge in [-0.15, -0.1) is 0 Å². The van der Waals surface area contributed by atoms with Crippen molar-refractivity contribution in [1.29, 1.82) is 0 Å². The average Bonchev–Trinajstić information content (AvgIpc) is 3.23. The Morgan fingerprint density at radius 2 is 1.68 bits per heavy atom. The molecule has 2 heterocycles. The third-order valence-corrected chi connectivity index (χ3v) is 5.20. The Bertz CT molecular complexity index is 1240. The van der Waals surface area contributed by atoms with Crippen LogP contribution in [-0.2, 0) is 11.3 Å². The average molecular weight is 463 g/mol. The van der Waals surface area contributed by atoms with Gasteiger partial charge in [0.05, 0.1) is 12.0 Å². The highest BCUT2D eigenvalue weighted by molar-refractivity contribution is 6.01. The number of anilines is 1. The van der Waals surface area contributed by atoms with Gasteiger partial charge >= 0.3 is 0 Å². The molecule has 0 spiro atoms. The van der Waals surface area contributed by atoms with E-state index in [1.807, 2.05) is 54.6 Å². The molecule has 10 heteroatoms. The molecular weight excluding hydrogens is 438 g/mol. The maximum Gasteiger partial charge on any atom is 0.246 e. The molecule has 10 nitrogen and oxygen atoms in total. The molecule has 0 aliphatic rings. The lowest BCUT2D eigenvalue weighted by Crippen LogP contribution is -2.35. The number of amides is 1. The molecule has 0 aliphatic carbocycles. The maximum atomic E-state index is 12.5. The first-order valence-corrected chi connectivity index (χ1v) is 10.7. The van der Waals surface area contributed by atoms with E-state index in [-0.39, 0.29) is 13.2 Å². The second-order valence-corrected chi connectivity index (χ2v) is 7.40. The predicted octanol–water partition coefficient (Wildman–Crippen LogP) is 2.02. The molecule has 34 heavy (non-hydrogen) atoms. The number of hydrogen-bond acceptors (Lipinski definition) is 8. The third kappa shape index (κ3) is 4.99. The van der Waals surface area contributed by atoms with Gasteiger partial charge in [0.25, 0.3) is 0 Å². The number of carbonyl (C=O) groups excluding carboxylic acids is 1. The number of benzene rings is 2. The molecular formula is C24H25N5O5. The lowest BCUT2D eigenvalue weighted by Gasteiger charge is -2.17. The second-order valence-electron chi connectivity index (χ2n) is 7.40. The summed E-state index contributed by atoms with van der Waals surface area (Å²) in [7, 11) is 0. The Morgan fingerprint density at radius 3 is 2.35 bits per heavy atom. The number of aromatic nitrogens is 3. The highest BCUT2D eigenvalue weighted by atomic mass is 16.5. The molecule has 2 aromatic carbocycles. The van der Waals surface area contributed by atoms with Crippen LogP contribution in [0.4, 0.5) is 5.82 Å². The standard InChI is InChI=1S/C24H25N5O5/c30-11-10-25-23-22-20(17-6-8-19(9-7-17)34-18-4-2-1-3-5-18)12-28(24(22)27-14-26-23)13-21(33)29(15-31)16-32/h1-9,12,14,30-32H,10-11,13,15-16H2,(H,25,26,27). The molecule has 0 unspecified atom stereocenters. The van der Waals surface area contributed by atoms with Crippen molar-refractivity contribution >= 4 is 22.8 Å². The summed E-state index contributed by atoms with van der Waals surface area (Å²) < 4.78 is 7.52. The fourth-order valence-electron chi connectivity index (χ4n) is 3.55. The van der Waals surface area contributed by atoms with E-state index in [4.69, 9.17) is 4.74 Å². The van der Waals surface area contributed by atoms with Crippen molar-refractivity contribution < 1.29 is 24.9 Å². The van der Waals surface area contributed by atoms with Crippen molar-refractivity contribution in [3.8, 4) is 22.6 Å². The lowest BCUT2D eigenvalue weighted by atomic mass is 10.1. The molecule has 0 saturated heterocycles. The molecule has 4 rings (SSSR count). The van der Waals surface area contributed by atoms with Crippen LogP contribution in [0.15, 0.2) is 67.1 Å². The molecule has 0 aliphatic heterocycles. The number of aliphatic hydroxyl groups excluding tert-OH is 3. The van der Waals surface area contributed by atoms with E-state index in [0.29, 0.717) is 29.1 Å². The number of nitrogens with zero attached hydrogens (tertiary/aromatic N) is 4. The zero-order valence-electron chi connectivity index (χ0n) is 18.3.